The van der Waals surface area contributed by atoms with Gasteiger partial charge in [0.2, 0.25) is 0 Å². The number of nitrogens with one attached hydrogen (secondary N) is 1. The molecule has 0 fully saturated rings. The SMILES string of the molecule is COc1cc(NS(=O)(=O)C2=Cc3ccccc3CC2)cc(OC)c1. The summed E-state index contributed by atoms with van der Waals surface area (Å²) in [5.41, 5.74) is 2.53. The molecule has 1 aliphatic rings. The number of benzene rings is 2. The van der Waals surface area contributed by atoms with Gasteiger partial charge in [-0.3, -0.25) is 4.72 Å². The van der Waals surface area contributed by atoms with Crippen LogP contribution in [-0.4, -0.2) is 22.6 Å². The summed E-state index contributed by atoms with van der Waals surface area (Å²) in [5, 5.41) is 0. The quantitative estimate of drug-likeness (QED) is 0.902. The molecule has 24 heavy (non-hydrogen) atoms. The zero-order valence-corrected chi connectivity index (χ0v) is 14.4. The van der Waals surface area contributed by atoms with E-state index in [0.29, 0.717) is 34.9 Å². The van der Waals surface area contributed by atoms with Gasteiger partial charge >= 0.3 is 0 Å². The maximum atomic E-state index is 12.7. The number of rotatable bonds is 5. The molecule has 0 amide bonds. The molecule has 0 saturated carbocycles. The first-order valence-corrected chi connectivity index (χ1v) is 9.04. The lowest BCUT2D eigenvalue weighted by atomic mass is 9.98. The molecule has 1 N–H and O–H groups in total. The van der Waals surface area contributed by atoms with Crippen molar-refractivity contribution in [2.24, 2.45) is 0 Å². The number of fused-ring (bicyclic) bond motifs is 1. The topological polar surface area (TPSA) is 64.6 Å². The van der Waals surface area contributed by atoms with E-state index >= 15 is 0 Å². The Labute approximate surface area is 142 Å². The molecular formula is C18H19NO4S. The number of anilines is 1. The lowest BCUT2D eigenvalue weighted by molar-refractivity contribution is 0.395. The van der Waals surface area contributed by atoms with Crippen LogP contribution in [0.1, 0.15) is 17.5 Å². The van der Waals surface area contributed by atoms with Crippen LogP contribution in [0.3, 0.4) is 0 Å². The molecule has 0 heterocycles. The maximum absolute atomic E-state index is 12.7. The van der Waals surface area contributed by atoms with Crippen LogP contribution < -0.4 is 14.2 Å². The standard InChI is InChI=1S/C18H19NO4S/c1-22-16-10-15(11-17(12-16)23-2)19-24(20,21)18-8-7-13-5-3-4-6-14(13)9-18/h3-6,9-12,19H,7-8H2,1-2H3. The van der Waals surface area contributed by atoms with Crippen molar-refractivity contribution in [2.45, 2.75) is 12.8 Å². The van der Waals surface area contributed by atoms with Crippen LogP contribution in [0, 0.1) is 0 Å². The van der Waals surface area contributed by atoms with Crippen LogP contribution in [0.15, 0.2) is 47.4 Å². The summed E-state index contributed by atoms with van der Waals surface area (Å²) in [6.07, 6.45) is 2.93. The van der Waals surface area contributed by atoms with Crippen molar-refractivity contribution in [3.63, 3.8) is 0 Å². The van der Waals surface area contributed by atoms with Crippen molar-refractivity contribution >= 4 is 21.8 Å². The molecule has 0 radical (unpaired) electrons. The van der Waals surface area contributed by atoms with E-state index in [-0.39, 0.29) is 0 Å². The Morgan fingerprint density at radius 2 is 1.62 bits per heavy atom. The fourth-order valence-corrected chi connectivity index (χ4v) is 3.92. The van der Waals surface area contributed by atoms with Gasteiger partial charge in [0.25, 0.3) is 10.0 Å². The van der Waals surface area contributed by atoms with E-state index in [0.717, 1.165) is 5.56 Å². The van der Waals surface area contributed by atoms with E-state index in [2.05, 4.69) is 4.72 Å². The zero-order chi connectivity index (χ0) is 17.2. The Bertz CT molecular complexity index is 865. The van der Waals surface area contributed by atoms with Gasteiger partial charge < -0.3 is 9.47 Å². The highest BCUT2D eigenvalue weighted by atomic mass is 32.2. The first-order chi connectivity index (χ1) is 11.5. The Morgan fingerprint density at radius 3 is 2.29 bits per heavy atom. The van der Waals surface area contributed by atoms with Crippen molar-refractivity contribution in [1.29, 1.82) is 0 Å². The molecule has 5 nitrogen and oxygen atoms in total. The number of ether oxygens (including phenoxy) is 2. The summed E-state index contributed by atoms with van der Waals surface area (Å²) in [6.45, 7) is 0. The Balaban J connectivity index is 1.91. The van der Waals surface area contributed by atoms with Crippen LogP contribution in [0.25, 0.3) is 6.08 Å². The summed E-state index contributed by atoms with van der Waals surface area (Å²) in [4.78, 5) is 0.378. The molecule has 0 aromatic heterocycles. The molecule has 3 rings (SSSR count). The normalized spacial score (nSPS) is 13.7. The minimum atomic E-state index is -3.63. The first kappa shape index (κ1) is 16.4. The summed E-state index contributed by atoms with van der Waals surface area (Å²) in [5.74, 6) is 1.05. The van der Waals surface area contributed by atoms with Gasteiger partial charge in [-0.15, -0.1) is 0 Å². The van der Waals surface area contributed by atoms with E-state index in [4.69, 9.17) is 9.47 Å². The summed E-state index contributed by atoms with van der Waals surface area (Å²) < 4.78 is 38.4. The third-order valence-electron chi connectivity index (χ3n) is 3.96. The fourth-order valence-electron chi connectivity index (χ4n) is 2.71. The van der Waals surface area contributed by atoms with Crippen molar-refractivity contribution in [3.05, 3.63) is 58.5 Å². The molecule has 0 spiro atoms. The van der Waals surface area contributed by atoms with Crippen molar-refractivity contribution in [1.82, 2.24) is 0 Å². The van der Waals surface area contributed by atoms with Gasteiger partial charge in [0.15, 0.2) is 0 Å². The van der Waals surface area contributed by atoms with Crippen LogP contribution in [0.2, 0.25) is 0 Å². The van der Waals surface area contributed by atoms with Crippen LogP contribution in [-0.2, 0) is 16.4 Å². The molecule has 0 bridgehead atoms. The molecule has 0 saturated heterocycles. The highest BCUT2D eigenvalue weighted by molar-refractivity contribution is 7.96. The van der Waals surface area contributed by atoms with Crippen molar-refractivity contribution < 1.29 is 17.9 Å². The lowest BCUT2D eigenvalue weighted by Gasteiger charge is -2.18. The van der Waals surface area contributed by atoms with Crippen LogP contribution in [0.4, 0.5) is 5.69 Å². The highest BCUT2D eigenvalue weighted by Gasteiger charge is 2.22. The molecule has 6 heteroatoms. The van der Waals surface area contributed by atoms with Crippen molar-refractivity contribution in [2.75, 3.05) is 18.9 Å². The third kappa shape index (κ3) is 3.38. The number of aryl methyl sites for hydroxylation is 1. The maximum Gasteiger partial charge on any atom is 0.258 e. The Kier molecular flexibility index (Phi) is 4.49. The second-order valence-corrected chi connectivity index (χ2v) is 7.25. The number of hydrogen-bond donors (Lipinski definition) is 1. The summed E-state index contributed by atoms with van der Waals surface area (Å²) >= 11 is 0. The molecule has 2 aromatic rings. The molecule has 0 aliphatic heterocycles. The van der Waals surface area contributed by atoms with E-state index in [1.807, 2.05) is 24.3 Å². The van der Waals surface area contributed by atoms with Gasteiger partial charge in [-0.05, 0) is 30.0 Å². The van der Waals surface area contributed by atoms with E-state index in [9.17, 15) is 8.42 Å². The Hall–Kier alpha value is -2.47. The van der Waals surface area contributed by atoms with Crippen LogP contribution >= 0.6 is 0 Å². The van der Waals surface area contributed by atoms with Gasteiger partial charge in [0.05, 0.1) is 24.8 Å². The highest BCUT2D eigenvalue weighted by Crippen LogP contribution is 2.30. The van der Waals surface area contributed by atoms with E-state index in [1.165, 1.54) is 19.8 Å². The average molecular weight is 345 g/mol. The van der Waals surface area contributed by atoms with Crippen molar-refractivity contribution in [3.8, 4) is 11.5 Å². The largest absolute Gasteiger partial charge is 0.497 e. The minimum absolute atomic E-state index is 0.378. The predicted molar refractivity (Wildman–Crippen MR) is 94.8 cm³/mol. The van der Waals surface area contributed by atoms with Crippen LogP contribution in [0.5, 0.6) is 11.5 Å². The van der Waals surface area contributed by atoms with Gasteiger partial charge in [-0.25, -0.2) is 8.42 Å². The van der Waals surface area contributed by atoms with Gasteiger partial charge in [-0.1, -0.05) is 24.3 Å². The Morgan fingerprint density at radius 1 is 0.958 bits per heavy atom. The lowest BCUT2D eigenvalue weighted by Crippen LogP contribution is -2.17. The second kappa shape index (κ2) is 6.57. The molecule has 1 aliphatic carbocycles. The fraction of sp³-hybridized carbons (Fsp3) is 0.222. The number of allylic oxidation sites excluding steroid dienone is 1. The minimum Gasteiger partial charge on any atom is -0.497 e. The average Bonchev–Trinajstić information content (AvgIpc) is 2.60. The monoisotopic (exact) mass is 345 g/mol. The van der Waals surface area contributed by atoms with Gasteiger partial charge in [0, 0.05) is 18.2 Å². The van der Waals surface area contributed by atoms with Gasteiger partial charge in [-0.2, -0.15) is 0 Å². The van der Waals surface area contributed by atoms with Gasteiger partial charge in [0.1, 0.15) is 11.5 Å². The molecule has 2 aromatic carbocycles. The summed E-state index contributed by atoms with van der Waals surface area (Å²) in [6, 6.07) is 12.8. The number of sulfonamides is 1. The smallest absolute Gasteiger partial charge is 0.258 e. The molecular weight excluding hydrogens is 326 g/mol. The number of hydrogen-bond acceptors (Lipinski definition) is 4. The third-order valence-corrected chi connectivity index (χ3v) is 5.48. The van der Waals surface area contributed by atoms with E-state index < -0.39 is 10.0 Å². The zero-order valence-electron chi connectivity index (χ0n) is 13.6. The predicted octanol–water partition coefficient (Wildman–Crippen LogP) is 3.43. The molecule has 0 atom stereocenters. The molecule has 0 unspecified atom stereocenters. The first-order valence-electron chi connectivity index (χ1n) is 7.56. The summed E-state index contributed by atoms with van der Waals surface area (Å²) in [7, 11) is -0.586. The second-order valence-electron chi connectivity index (χ2n) is 5.52. The molecule has 126 valence electrons. The van der Waals surface area contributed by atoms with E-state index in [1.54, 1.807) is 24.3 Å². The number of methoxy groups -OCH3 is 2.